The molecule has 0 saturated heterocycles. The van der Waals surface area contributed by atoms with Crippen LogP contribution in [0.3, 0.4) is 0 Å². The summed E-state index contributed by atoms with van der Waals surface area (Å²) >= 11 is 11.8. The maximum Gasteiger partial charge on any atom is 3.00 e. The average Bonchev–Trinajstić information content (AvgIpc) is 2.16. The van der Waals surface area contributed by atoms with Gasteiger partial charge in [0.15, 0.2) is 0 Å². The van der Waals surface area contributed by atoms with E-state index in [4.69, 9.17) is 23.2 Å². The fourth-order valence-electron chi connectivity index (χ4n) is 1.75. The molecule has 1 unspecified atom stereocenters. The smallest absolute Gasteiger partial charge is 0.100 e. The molecule has 74 valence electrons. The summed E-state index contributed by atoms with van der Waals surface area (Å²) in [4.78, 5) is -0.354. The molecule has 0 aromatic carbocycles. The van der Waals surface area contributed by atoms with E-state index in [1.807, 2.05) is 0 Å². The molecule has 0 amide bonds. The fraction of sp³-hybridized carbons (Fsp3) is 0.600. The van der Waals surface area contributed by atoms with Gasteiger partial charge in [-0.05, 0) is 37.5 Å². The first-order valence-electron chi connectivity index (χ1n) is 4.13. The number of halogens is 2. The van der Waals surface area contributed by atoms with Gasteiger partial charge in [-0.2, -0.15) is 0 Å². The van der Waals surface area contributed by atoms with Gasteiger partial charge in [0.2, 0.25) is 0 Å². The van der Waals surface area contributed by atoms with Gasteiger partial charge in [0, 0.05) is 5.92 Å². The molecular weight excluding hydrogens is 294 g/mol. The maximum absolute atomic E-state index is 5.89. The number of hydrogen-bond acceptors (Lipinski definition) is 0. The molecule has 0 N–H and O–H groups in total. The van der Waals surface area contributed by atoms with Gasteiger partial charge in [-0.1, -0.05) is 12.5 Å². The Balaban J connectivity index is 0.00000144. The van der Waals surface area contributed by atoms with Gasteiger partial charge in [0.25, 0.3) is 0 Å². The van der Waals surface area contributed by atoms with Crippen molar-refractivity contribution in [3.05, 3.63) is 22.3 Å². The molecule has 13 heavy (non-hydrogen) atoms. The summed E-state index contributed by atoms with van der Waals surface area (Å²) in [7, 11) is 0. The Kier molecular flexibility index (Phi) is 5.22. The second-order valence-corrected chi connectivity index (χ2v) is 4.51. The van der Waals surface area contributed by atoms with E-state index in [2.05, 4.69) is 27.7 Å². The van der Waals surface area contributed by atoms with Gasteiger partial charge in [-0.3, -0.25) is 0 Å². The Bertz CT molecular complexity index is 264. The standard InChI is InChI=1S/C10H14Cl2.Rh/c1-5-6(2)8(4)9(7(5)3)10(11)12;/h7,10H,1-4H3;/q;+3. The molecule has 0 heterocycles. The zero-order valence-electron chi connectivity index (χ0n) is 8.24. The monoisotopic (exact) mass is 307 g/mol. The molecule has 0 bridgehead atoms. The molecule has 0 fully saturated rings. The van der Waals surface area contributed by atoms with E-state index in [0.29, 0.717) is 5.92 Å². The number of allylic oxidation sites excluding steroid dienone is 4. The summed E-state index contributed by atoms with van der Waals surface area (Å²) in [5, 5.41) is 0. The quantitative estimate of drug-likeness (QED) is 0.505. The van der Waals surface area contributed by atoms with Crippen molar-refractivity contribution in [2.75, 3.05) is 0 Å². The van der Waals surface area contributed by atoms with Crippen LogP contribution in [0.15, 0.2) is 22.3 Å². The van der Waals surface area contributed by atoms with E-state index in [1.54, 1.807) is 0 Å². The van der Waals surface area contributed by atoms with Crippen LogP contribution >= 0.6 is 23.2 Å². The van der Waals surface area contributed by atoms with Crippen molar-refractivity contribution >= 4 is 23.2 Å². The first-order chi connectivity index (χ1) is 5.46. The molecule has 0 aromatic rings. The second kappa shape index (κ2) is 4.96. The van der Waals surface area contributed by atoms with Gasteiger partial charge in [0.1, 0.15) is 4.84 Å². The first-order valence-corrected chi connectivity index (χ1v) is 5.00. The molecule has 1 atom stereocenters. The molecule has 0 aliphatic heterocycles. The summed E-state index contributed by atoms with van der Waals surface area (Å²) in [6.45, 7) is 8.52. The number of rotatable bonds is 1. The second-order valence-electron chi connectivity index (χ2n) is 3.41. The van der Waals surface area contributed by atoms with E-state index in [-0.39, 0.29) is 24.3 Å². The molecule has 0 spiro atoms. The van der Waals surface area contributed by atoms with Crippen LogP contribution in [0.5, 0.6) is 0 Å². The van der Waals surface area contributed by atoms with Crippen molar-refractivity contribution in [2.24, 2.45) is 5.92 Å². The van der Waals surface area contributed by atoms with Gasteiger partial charge in [-0.15, -0.1) is 23.2 Å². The van der Waals surface area contributed by atoms with Crippen LogP contribution in [0.25, 0.3) is 0 Å². The van der Waals surface area contributed by atoms with Crippen LogP contribution in [-0.2, 0) is 19.5 Å². The molecule has 1 aliphatic carbocycles. The van der Waals surface area contributed by atoms with Crippen molar-refractivity contribution < 1.29 is 19.5 Å². The predicted molar refractivity (Wildman–Crippen MR) is 55.7 cm³/mol. The fourth-order valence-corrected chi connectivity index (χ4v) is 2.45. The largest absolute Gasteiger partial charge is 3.00 e. The van der Waals surface area contributed by atoms with E-state index >= 15 is 0 Å². The summed E-state index contributed by atoms with van der Waals surface area (Å²) in [5.74, 6) is 0.421. The van der Waals surface area contributed by atoms with Crippen LogP contribution in [0.4, 0.5) is 0 Å². The normalized spacial score (nSPS) is 22.8. The van der Waals surface area contributed by atoms with Crippen molar-refractivity contribution in [3.8, 4) is 0 Å². The third-order valence-electron chi connectivity index (χ3n) is 2.94. The van der Waals surface area contributed by atoms with Crippen LogP contribution in [0.1, 0.15) is 27.7 Å². The predicted octanol–water partition coefficient (Wildman–Crippen LogP) is 4.09. The minimum absolute atomic E-state index is 0. The van der Waals surface area contributed by atoms with Gasteiger partial charge >= 0.3 is 19.5 Å². The number of hydrogen-bond donors (Lipinski definition) is 0. The topological polar surface area (TPSA) is 0 Å². The first kappa shape index (κ1) is 13.7. The van der Waals surface area contributed by atoms with Gasteiger partial charge in [0.05, 0.1) is 0 Å². The van der Waals surface area contributed by atoms with E-state index in [9.17, 15) is 0 Å². The third kappa shape index (κ3) is 2.38. The van der Waals surface area contributed by atoms with Gasteiger partial charge < -0.3 is 0 Å². The van der Waals surface area contributed by atoms with Crippen LogP contribution in [0.2, 0.25) is 0 Å². The Hall–Kier alpha value is 0.683. The average molecular weight is 308 g/mol. The van der Waals surface area contributed by atoms with E-state index in [1.165, 1.54) is 22.3 Å². The summed E-state index contributed by atoms with van der Waals surface area (Å²) in [6, 6.07) is 0. The van der Waals surface area contributed by atoms with E-state index in [0.717, 1.165) is 0 Å². The minimum atomic E-state index is -0.354. The Morgan fingerprint density at radius 3 is 1.69 bits per heavy atom. The summed E-state index contributed by atoms with van der Waals surface area (Å²) in [6.07, 6.45) is 0. The molecule has 1 rings (SSSR count). The zero-order valence-corrected chi connectivity index (χ0v) is 11.4. The van der Waals surface area contributed by atoms with Crippen LogP contribution < -0.4 is 0 Å². The van der Waals surface area contributed by atoms with Crippen molar-refractivity contribution in [1.82, 2.24) is 0 Å². The van der Waals surface area contributed by atoms with Crippen molar-refractivity contribution in [1.29, 1.82) is 0 Å². The SMILES string of the molecule is CC1=C(C)C(C)C(C(Cl)Cl)=C1C.[Rh+3]. The van der Waals surface area contributed by atoms with Gasteiger partial charge in [-0.25, -0.2) is 0 Å². The molecule has 0 radical (unpaired) electrons. The van der Waals surface area contributed by atoms with Crippen LogP contribution in [0, 0.1) is 5.92 Å². The Labute approximate surface area is 103 Å². The molecule has 0 saturated carbocycles. The van der Waals surface area contributed by atoms with Crippen molar-refractivity contribution in [2.45, 2.75) is 32.5 Å². The molecule has 3 heteroatoms. The maximum atomic E-state index is 5.89. The minimum Gasteiger partial charge on any atom is -0.100 e. The summed E-state index contributed by atoms with van der Waals surface area (Å²) < 4.78 is 0. The third-order valence-corrected chi connectivity index (χ3v) is 3.41. The molecule has 1 aliphatic rings. The van der Waals surface area contributed by atoms with Crippen molar-refractivity contribution in [3.63, 3.8) is 0 Å². The molecular formula is C10H14Cl2Rh+3. The Morgan fingerprint density at radius 1 is 1.08 bits per heavy atom. The zero-order chi connectivity index (χ0) is 9.46. The van der Waals surface area contributed by atoms with E-state index < -0.39 is 0 Å². The Morgan fingerprint density at radius 2 is 1.54 bits per heavy atom. The number of alkyl halides is 2. The summed E-state index contributed by atoms with van der Waals surface area (Å²) in [5.41, 5.74) is 5.20. The molecule has 0 aromatic heterocycles. The molecule has 0 nitrogen and oxygen atoms in total. The van der Waals surface area contributed by atoms with Crippen LogP contribution in [-0.4, -0.2) is 4.84 Å².